The SMILES string of the molecule is CCC(NC(=O)OCC1c2ccccc2-c2ccccc21)C(=O)Nc1cccc(C(=O)O)c1F. The van der Waals surface area contributed by atoms with Crippen LogP contribution in [0, 0.1) is 5.82 Å². The Morgan fingerprint density at radius 1 is 0.971 bits per heavy atom. The van der Waals surface area contributed by atoms with Gasteiger partial charge in [0.05, 0.1) is 11.3 Å². The minimum atomic E-state index is -1.45. The first-order valence-electron chi connectivity index (χ1n) is 10.8. The lowest BCUT2D eigenvalue weighted by Gasteiger charge is -2.19. The lowest BCUT2D eigenvalue weighted by molar-refractivity contribution is -0.118. The van der Waals surface area contributed by atoms with Crippen molar-refractivity contribution in [1.29, 1.82) is 0 Å². The predicted octanol–water partition coefficient (Wildman–Crippen LogP) is 4.78. The Morgan fingerprint density at radius 2 is 1.59 bits per heavy atom. The number of fused-ring (bicyclic) bond motifs is 3. The molecule has 2 amide bonds. The van der Waals surface area contributed by atoms with Gasteiger partial charge in [0.25, 0.3) is 0 Å². The molecule has 8 heteroatoms. The van der Waals surface area contributed by atoms with Gasteiger partial charge in [-0.2, -0.15) is 0 Å². The van der Waals surface area contributed by atoms with E-state index in [-0.39, 0.29) is 24.6 Å². The molecule has 0 aliphatic heterocycles. The van der Waals surface area contributed by atoms with Crippen LogP contribution < -0.4 is 10.6 Å². The van der Waals surface area contributed by atoms with Gasteiger partial charge < -0.3 is 20.5 Å². The zero-order valence-corrected chi connectivity index (χ0v) is 18.4. The number of halogens is 1. The Morgan fingerprint density at radius 3 is 2.18 bits per heavy atom. The Labute approximate surface area is 195 Å². The molecule has 7 nitrogen and oxygen atoms in total. The van der Waals surface area contributed by atoms with Gasteiger partial charge in [0.15, 0.2) is 5.82 Å². The van der Waals surface area contributed by atoms with Gasteiger partial charge in [0, 0.05) is 5.92 Å². The largest absolute Gasteiger partial charge is 0.478 e. The van der Waals surface area contributed by atoms with Crippen LogP contribution in [0.25, 0.3) is 11.1 Å². The number of hydrogen-bond acceptors (Lipinski definition) is 4. The number of alkyl carbamates (subject to hydrolysis) is 1. The van der Waals surface area contributed by atoms with Crippen LogP contribution in [0.15, 0.2) is 66.7 Å². The van der Waals surface area contributed by atoms with Crippen molar-refractivity contribution >= 4 is 23.7 Å². The van der Waals surface area contributed by atoms with Crippen molar-refractivity contribution in [2.24, 2.45) is 0 Å². The van der Waals surface area contributed by atoms with E-state index >= 15 is 0 Å². The van der Waals surface area contributed by atoms with Crippen LogP contribution in [-0.2, 0) is 9.53 Å². The second-order valence-electron chi connectivity index (χ2n) is 7.89. The molecule has 0 bridgehead atoms. The number of anilines is 1. The van der Waals surface area contributed by atoms with Crippen LogP contribution in [-0.4, -0.2) is 35.7 Å². The summed E-state index contributed by atoms with van der Waals surface area (Å²) >= 11 is 0. The molecule has 0 heterocycles. The fourth-order valence-corrected chi connectivity index (χ4v) is 4.15. The van der Waals surface area contributed by atoms with Gasteiger partial charge in [-0.25, -0.2) is 14.0 Å². The molecular weight excluding hydrogens is 439 g/mol. The maximum absolute atomic E-state index is 14.3. The summed E-state index contributed by atoms with van der Waals surface area (Å²) < 4.78 is 19.8. The van der Waals surface area contributed by atoms with Gasteiger partial charge in [0.1, 0.15) is 12.6 Å². The van der Waals surface area contributed by atoms with E-state index in [0.717, 1.165) is 28.3 Å². The van der Waals surface area contributed by atoms with Gasteiger partial charge in [-0.05, 0) is 40.8 Å². The van der Waals surface area contributed by atoms with Gasteiger partial charge in [0.2, 0.25) is 5.91 Å². The van der Waals surface area contributed by atoms with Crippen molar-refractivity contribution in [2.75, 3.05) is 11.9 Å². The summed E-state index contributed by atoms with van der Waals surface area (Å²) in [5.74, 6) is -3.31. The van der Waals surface area contributed by atoms with Crippen LogP contribution in [0.4, 0.5) is 14.9 Å². The third kappa shape index (κ3) is 4.47. The van der Waals surface area contributed by atoms with Gasteiger partial charge >= 0.3 is 12.1 Å². The minimum absolute atomic E-state index is 0.0905. The molecule has 3 aromatic rings. The highest BCUT2D eigenvalue weighted by atomic mass is 19.1. The van der Waals surface area contributed by atoms with Crippen LogP contribution in [0.5, 0.6) is 0 Å². The number of rotatable bonds is 7. The van der Waals surface area contributed by atoms with Gasteiger partial charge in [-0.15, -0.1) is 0 Å². The van der Waals surface area contributed by atoms with E-state index in [1.54, 1.807) is 6.92 Å². The Hall–Kier alpha value is -4.20. The standard InChI is InChI=1S/C26H23FN2O5/c1-2-21(24(30)28-22-13-7-12-19(23(22)27)25(31)32)29-26(33)34-14-20-17-10-5-3-8-15(17)16-9-4-6-11-18(16)20/h3-13,20-21H,2,14H2,1H3,(H,28,30)(H,29,33)(H,31,32). The number of benzene rings is 3. The number of carbonyl (C=O) groups is 3. The summed E-state index contributed by atoms with van der Waals surface area (Å²) in [7, 11) is 0. The van der Waals surface area contributed by atoms with E-state index in [9.17, 15) is 18.8 Å². The first-order chi connectivity index (χ1) is 16.4. The lowest BCUT2D eigenvalue weighted by Crippen LogP contribution is -2.44. The fraction of sp³-hybridized carbons (Fsp3) is 0.192. The summed E-state index contributed by atoms with van der Waals surface area (Å²) in [6, 6.07) is 18.5. The average molecular weight is 462 g/mol. The van der Waals surface area contributed by atoms with Crippen molar-refractivity contribution in [3.8, 4) is 11.1 Å². The molecule has 174 valence electrons. The third-order valence-corrected chi connectivity index (χ3v) is 5.85. The molecule has 34 heavy (non-hydrogen) atoms. The zero-order chi connectivity index (χ0) is 24.2. The van der Waals surface area contributed by atoms with Crippen LogP contribution in [0.3, 0.4) is 0 Å². The molecule has 3 aromatic carbocycles. The second-order valence-corrected chi connectivity index (χ2v) is 7.89. The van der Waals surface area contributed by atoms with Gasteiger partial charge in [-0.1, -0.05) is 61.5 Å². The summed E-state index contributed by atoms with van der Waals surface area (Å²) in [5.41, 5.74) is 3.49. The van der Waals surface area contributed by atoms with E-state index in [1.165, 1.54) is 12.1 Å². The van der Waals surface area contributed by atoms with Crippen molar-refractivity contribution in [3.05, 3.63) is 89.2 Å². The average Bonchev–Trinajstić information content (AvgIpc) is 3.16. The van der Waals surface area contributed by atoms with E-state index in [4.69, 9.17) is 9.84 Å². The summed E-state index contributed by atoms with van der Waals surface area (Å²) in [4.78, 5) is 36.2. The predicted molar refractivity (Wildman–Crippen MR) is 124 cm³/mol. The molecule has 0 fully saturated rings. The molecule has 1 atom stereocenters. The quantitative estimate of drug-likeness (QED) is 0.469. The second kappa shape index (κ2) is 9.74. The van der Waals surface area contributed by atoms with Crippen molar-refractivity contribution in [3.63, 3.8) is 0 Å². The minimum Gasteiger partial charge on any atom is -0.478 e. The van der Waals surface area contributed by atoms with Crippen molar-refractivity contribution < 1.29 is 28.6 Å². The normalized spacial score (nSPS) is 12.9. The highest BCUT2D eigenvalue weighted by Gasteiger charge is 2.29. The molecule has 0 saturated carbocycles. The maximum Gasteiger partial charge on any atom is 0.407 e. The molecule has 1 aliphatic carbocycles. The summed E-state index contributed by atoms with van der Waals surface area (Å²) in [6.07, 6.45) is -0.556. The topological polar surface area (TPSA) is 105 Å². The van der Waals surface area contributed by atoms with Crippen molar-refractivity contribution in [2.45, 2.75) is 25.3 Å². The van der Waals surface area contributed by atoms with Crippen LogP contribution in [0.1, 0.15) is 40.7 Å². The van der Waals surface area contributed by atoms with Gasteiger partial charge in [-0.3, -0.25) is 4.79 Å². The molecule has 0 saturated heterocycles. The highest BCUT2D eigenvalue weighted by molar-refractivity contribution is 5.98. The van der Waals surface area contributed by atoms with E-state index in [1.807, 2.05) is 48.5 Å². The molecule has 0 spiro atoms. The number of hydrogen-bond donors (Lipinski definition) is 3. The molecule has 0 radical (unpaired) electrons. The Bertz CT molecular complexity index is 1210. The highest BCUT2D eigenvalue weighted by Crippen LogP contribution is 2.44. The van der Waals surface area contributed by atoms with Crippen molar-refractivity contribution in [1.82, 2.24) is 5.32 Å². The molecule has 1 aliphatic rings. The third-order valence-electron chi connectivity index (χ3n) is 5.85. The first-order valence-corrected chi connectivity index (χ1v) is 10.8. The lowest BCUT2D eigenvalue weighted by atomic mass is 9.98. The number of ether oxygens (including phenoxy) is 1. The number of carbonyl (C=O) groups excluding carboxylic acids is 2. The zero-order valence-electron chi connectivity index (χ0n) is 18.4. The number of nitrogens with one attached hydrogen (secondary N) is 2. The van der Waals surface area contributed by atoms with Crippen LogP contribution in [0.2, 0.25) is 0 Å². The molecule has 4 rings (SSSR count). The Balaban J connectivity index is 1.40. The smallest absolute Gasteiger partial charge is 0.407 e. The molecule has 1 unspecified atom stereocenters. The van der Waals surface area contributed by atoms with Crippen LogP contribution >= 0.6 is 0 Å². The number of carboxylic acids is 1. The van der Waals surface area contributed by atoms with E-state index < -0.39 is 35.4 Å². The van der Waals surface area contributed by atoms with E-state index in [2.05, 4.69) is 10.6 Å². The number of amides is 2. The summed E-state index contributed by atoms with van der Waals surface area (Å²) in [6.45, 7) is 1.77. The fourth-order valence-electron chi connectivity index (χ4n) is 4.15. The molecule has 3 N–H and O–H groups in total. The Kier molecular flexibility index (Phi) is 6.58. The van der Waals surface area contributed by atoms with E-state index in [0.29, 0.717) is 0 Å². The maximum atomic E-state index is 14.3. The molecular formula is C26H23FN2O5. The number of aromatic carboxylic acids is 1. The monoisotopic (exact) mass is 462 g/mol. The number of carboxylic acid groups (broad SMARTS) is 1. The summed E-state index contributed by atoms with van der Waals surface area (Å²) in [5, 5.41) is 13.9. The first kappa shape index (κ1) is 23.0. The molecule has 0 aromatic heterocycles.